The summed E-state index contributed by atoms with van der Waals surface area (Å²) < 4.78 is 10.4. The number of rotatable bonds is 7. The highest BCUT2D eigenvalue weighted by molar-refractivity contribution is 7.14. The van der Waals surface area contributed by atoms with E-state index in [0.29, 0.717) is 10.8 Å². The number of thiophene rings is 1. The van der Waals surface area contributed by atoms with Gasteiger partial charge in [-0.15, -0.1) is 11.3 Å². The molecule has 0 aliphatic rings. The zero-order valence-electron chi connectivity index (χ0n) is 13.8. The Hall–Kier alpha value is -2.87. The molecule has 25 heavy (non-hydrogen) atoms. The van der Waals surface area contributed by atoms with Crippen LogP contribution < -0.4 is 15.8 Å². The number of benzene rings is 1. The first-order valence-electron chi connectivity index (χ1n) is 7.44. The van der Waals surface area contributed by atoms with E-state index in [4.69, 9.17) is 15.2 Å². The molecular formula is C17H18N2O5S. The summed E-state index contributed by atoms with van der Waals surface area (Å²) in [4.78, 5) is 34.9. The van der Waals surface area contributed by atoms with Crippen LogP contribution in [0.5, 0.6) is 5.75 Å². The second kappa shape index (κ2) is 8.29. The van der Waals surface area contributed by atoms with Crippen LogP contribution in [0.25, 0.3) is 0 Å². The van der Waals surface area contributed by atoms with Gasteiger partial charge in [0.25, 0.3) is 11.8 Å². The summed E-state index contributed by atoms with van der Waals surface area (Å²) in [5, 5.41) is 4.42. The lowest BCUT2D eigenvalue weighted by Gasteiger charge is -2.14. The van der Waals surface area contributed by atoms with Crippen molar-refractivity contribution in [3.63, 3.8) is 0 Å². The van der Waals surface area contributed by atoms with Gasteiger partial charge >= 0.3 is 5.97 Å². The SMILES string of the molecule is Cc1ccc(O[C@H](C)C(=O)OCC(=O)Nc2sccc2C(N)=O)cc1. The molecule has 0 bridgehead atoms. The monoisotopic (exact) mass is 362 g/mol. The number of ether oxygens (including phenoxy) is 2. The third kappa shape index (κ3) is 5.32. The quantitative estimate of drug-likeness (QED) is 0.734. The van der Waals surface area contributed by atoms with Crippen molar-refractivity contribution in [2.75, 3.05) is 11.9 Å². The first-order valence-corrected chi connectivity index (χ1v) is 8.32. The highest BCUT2D eigenvalue weighted by Gasteiger charge is 2.19. The van der Waals surface area contributed by atoms with Crippen LogP contribution in [-0.2, 0) is 14.3 Å². The van der Waals surface area contributed by atoms with Crippen molar-refractivity contribution in [3.8, 4) is 5.75 Å². The molecule has 8 heteroatoms. The maximum atomic E-state index is 11.9. The average molecular weight is 362 g/mol. The molecule has 0 spiro atoms. The highest BCUT2D eigenvalue weighted by atomic mass is 32.1. The molecule has 0 fully saturated rings. The lowest BCUT2D eigenvalue weighted by molar-refractivity contribution is -0.153. The summed E-state index contributed by atoms with van der Waals surface area (Å²) in [6.45, 7) is 2.98. The molecule has 0 saturated carbocycles. The first kappa shape index (κ1) is 18.5. The predicted octanol–water partition coefficient (Wildman–Crippen LogP) is 2.10. The number of hydrogen-bond acceptors (Lipinski definition) is 6. The van der Waals surface area contributed by atoms with Gasteiger partial charge in [-0.1, -0.05) is 17.7 Å². The van der Waals surface area contributed by atoms with Crippen molar-refractivity contribution in [3.05, 3.63) is 46.8 Å². The van der Waals surface area contributed by atoms with Crippen LogP contribution in [0.1, 0.15) is 22.8 Å². The number of carbonyl (C=O) groups excluding carboxylic acids is 3. The van der Waals surface area contributed by atoms with E-state index >= 15 is 0 Å². The normalized spacial score (nSPS) is 11.4. The number of nitrogens with two attached hydrogens (primary N) is 1. The zero-order valence-corrected chi connectivity index (χ0v) is 14.6. The summed E-state index contributed by atoms with van der Waals surface area (Å²) in [7, 11) is 0. The second-order valence-electron chi connectivity index (χ2n) is 5.26. The first-order chi connectivity index (χ1) is 11.9. The summed E-state index contributed by atoms with van der Waals surface area (Å²) >= 11 is 1.15. The van der Waals surface area contributed by atoms with Crippen LogP contribution in [0.2, 0.25) is 0 Å². The lowest BCUT2D eigenvalue weighted by Crippen LogP contribution is -2.30. The van der Waals surface area contributed by atoms with Crippen molar-refractivity contribution in [2.45, 2.75) is 20.0 Å². The number of esters is 1. The summed E-state index contributed by atoms with van der Waals surface area (Å²) in [6.07, 6.45) is -0.863. The van der Waals surface area contributed by atoms with Crippen molar-refractivity contribution in [1.82, 2.24) is 0 Å². The van der Waals surface area contributed by atoms with Crippen molar-refractivity contribution < 1.29 is 23.9 Å². The minimum absolute atomic E-state index is 0.209. The smallest absolute Gasteiger partial charge is 0.347 e. The molecule has 1 aromatic heterocycles. The Kier molecular flexibility index (Phi) is 6.13. The lowest BCUT2D eigenvalue weighted by atomic mass is 10.2. The van der Waals surface area contributed by atoms with E-state index < -0.39 is 30.5 Å². The van der Waals surface area contributed by atoms with E-state index in [9.17, 15) is 14.4 Å². The maximum absolute atomic E-state index is 11.9. The molecule has 2 aromatic rings. The van der Waals surface area contributed by atoms with E-state index in [0.717, 1.165) is 16.9 Å². The molecule has 2 rings (SSSR count). The van der Waals surface area contributed by atoms with Crippen LogP contribution in [-0.4, -0.2) is 30.5 Å². The van der Waals surface area contributed by atoms with Crippen LogP contribution in [0.3, 0.4) is 0 Å². The second-order valence-corrected chi connectivity index (χ2v) is 6.17. The van der Waals surface area contributed by atoms with Gasteiger partial charge in [0, 0.05) is 0 Å². The molecule has 7 nitrogen and oxygen atoms in total. The van der Waals surface area contributed by atoms with Crippen LogP contribution in [0.15, 0.2) is 35.7 Å². The van der Waals surface area contributed by atoms with E-state index in [1.165, 1.54) is 13.0 Å². The molecule has 0 unspecified atom stereocenters. The van der Waals surface area contributed by atoms with Crippen LogP contribution >= 0.6 is 11.3 Å². The number of primary amides is 1. The summed E-state index contributed by atoms with van der Waals surface area (Å²) in [6, 6.07) is 8.71. The number of aryl methyl sites for hydroxylation is 1. The van der Waals surface area contributed by atoms with E-state index in [2.05, 4.69) is 5.32 Å². The van der Waals surface area contributed by atoms with Crippen molar-refractivity contribution in [2.24, 2.45) is 5.73 Å². The van der Waals surface area contributed by atoms with E-state index in [1.807, 2.05) is 19.1 Å². The topological polar surface area (TPSA) is 108 Å². The van der Waals surface area contributed by atoms with Gasteiger partial charge < -0.3 is 20.5 Å². The number of nitrogens with one attached hydrogen (secondary N) is 1. The maximum Gasteiger partial charge on any atom is 0.347 e. The average Bonchev–Trinajstić information content (AvgIpc) is 3.03. The Balaban J connectivity index is 1.82. The molecule has 1 atom stereocenters. The van der Waals surface area contributed by atoms with Gasteiger partial charge in [-0.25, -0.2) is 4.79 Å². The van der Waals surface area contributed by atoms with Crippen LogP contribution in [0.4, 0.5) is 5.00 Å². The fourth-order valence-corrected chi connectivity index (χ4v) is 2.69. The van der Waals surface area contributed by atoms with Crippen LogP contribution in [0, 0.1) is 6.92 Å². The third-order valence-electron chi connectivity index (χ3n) is 3.19. The molecule has 2 amide bonds. The number of amides is 2. The Morgan fingerprint density at radius 2 is 1.88 bits per heavy atom. The minimum Gasteiger partial charge on any atom is -0.479 e. The van der Waals surface area contributed by atoms with Crippen molar-refractivity contribution in [1.29, 1.82) is 0 Å². The molecule has 3 N–H and O–H groups in total. The largest absolute Gasteiger partial charge is 0.479 e. The Morgan fingerprint density at radius 1 is 1.20 bits per heavy atom. The van der Waals surface area contributed by atoms with Gasteiger partial charge in [-0.05, 0) is 37.4 Å². The molecule has 0 aliphatic carbocycles. The summed E-state index contributed by atoms with van der Waals surface area (Å²) in [5.41, 5.74) is 6.48. The highest BCUT2D eigenvalue weighted by Crippen LogP contribution is 2.22. The van der Waals surface area contributed by atoms with Gasteiger partial charge in [0.15, 0.2) is 12.7 Å². The number of hydrogen-bond donors (Lipinski definition) is 2. The summed E-state index contributed by atoms with van der Waals surface area (Å²) in [5.74, 6) is -1.35. The number of anilines is 1. The Morgan fingerprint density at radius 3 is 2.52 bits per heavy atom. The standard InChI is InChI=1S/C17H18N2O5S/c1-10-3-5-12(6-4-10)24-11(2)17(22)23-9-14(20)19-16-13(15(18)21)7-8-25-16/h3-8,11H,9H2,1-2H3,(H2,18,21)(H,19,20)/t11-/m1/s1. The van der Waals surface area contributed by atoms with E-state index in [1.54, 1.807) is 17.5 Å². The molecule has 0 aliphatic heterocycles. The number of carbonyl (C=O) groups is 3. The Bertz CT molecular complexity index is 770. The predicted molar refractivity (Wildman–Crippen MR) is 93.7 cm³/mol. The molecule has 132 valence electrons. The molecule has 0 saturated heterocycles. The molecule has 1 heterocycles. The van der Waals surface area contributed by atoms with Gasteiger partial charge in [0.1, 0.15) is 10.8 Å². The molecular weight excluding hydrogens is 344 g/mol. The molecule has 1 aromatic carbocycles. The van der Waals surface area contributed by atoms with Crippen molar-refractivity contribution >= 4 is 34.1 Å². The molecule has 0 radical (unpaired) electrons. The van der Waals surface area contributed by atoms with Gasteiger partial charge in [0.2, 0.25) is 0 Å². The van der Waals surface area contributed by atoms with E-state index in [-0.39, 0.29) is 5.56 Å². The fraction of sp³-hybridized carbons (Fsp3) is 0.235. The van der Waals surface area contributed by atoms with Gasteiger partial charge in [-0.3, -0.25) is 9.59 Å². The third-order valence-corrected chi connectivity index (χ3v) is 4.02. The zero-order chi connectivity index (χ0) is 18.4. The minimum atomic E-state index is -0.863. The fourth-order valence-electron chi connectivity index (χ4n) is 1.89. The Labute approximate surface area is 148 Å². The van der Waals surface area contributed by atoms with Gasteiger partial charge in [0.05, 0.1) is 5.56 Å². The van der Waals surface area contributed by atoms with Gasteiger partial charge in [-0.2, -0.15) is 0 Å².